The monoisotopic (exact) mass is 662 g/mol. The standard InChI is InChI=1S/C35H31F5N6O2/c1-2-23-26(37)5-4-19-10-22(47)11-24(28(19)23)30-29(40)31-25(14-41-30)32(45-16-21-6-8-34(17-45,44-21)13-27(38)39)43-33(42-31)48-18-35-7-3-9-46(35)15-20(36)12-35/h1,4-5,10-11,13-14,20-21,44,47H,3,6-9,12,15-18H2/t20-,21?,34?,35-/m0/s1. The van der Waals surface area contributed by atoms with Gasteiger partial charge in [0.1, 0.15) is 41.4 Å². The number of halogens is 5. The molecule has 4 saturated heterocycles. The smallest absolute Gasteiger partial charge is 0.319 e. The zero-order chi connectivity index (χ0) is 33.4. The predicted octanol–water partition coefficient (Wildman–Crippen LogP) is 5.86. The van der Waals surface area contributed by atoms with Gasteiger partial charge in [-0.05, 0) is 55.8 Å². The average Bonchev–Trinajstić information content (AvgIpc) is 3.67. The SMILES string of the molecule is C#Cc1c(F)ccc2cc(O)cc(-c3ncc4c(N5CC6CCC(C=C(F)F)(C5)N6)nc(OC[C@@]56CCCN5C[C@@H](F)C6)nc4c3F)c12. The molecule has 2 N–H and O–H groups in total. The Balaban J connectivity index is 1.28. The molecule has 4 atom stereocenters. The van der Waals surface area contributed by atoms with Crippen LogP contribution in [-0.2, 0) is 0 Å². The molecule has 2 bridgehead atoms. The van der Waals surface area contributed by atoms with Gasteiger partial charge in [-0.15, -0.1) is 6.42 Å². The second kappa shape index (κ2) is 11.3. The van der Waals surface area contributed by atoms with Crippen LogP contribution in [0.2, 0.25) is 0 Å². The summed E-state index contributed by atoms with van der Waals surface area (Å²) in [4.78, 5) is 17.5. The van der Waals surface area contributed by atoms with Crippen molar-refractivity contribution in [3.63, 3.8) is 0 Å². The van der Waals surface area contributed by atoms with Gasteiger partial charge < -0.3 is 20.1 Å². The van der Waals surface area contributed by atoms with Gasteiger partial charge in [0, 0.05) is 55.3 Å². The summed E-state index contributed by atoms with van der Waals surface area (Å²) >= 11 is 0. The number of alkyl halides is 1. The highest BCUT2D eigenvalue weighted by Crippen LogP contribution is 2.43. The number of hydrogen-bond acceptors (Lipinski definition) is 8. The van der Waals surface area contributed by atoms with E-state index in [2.05, 4.69) is 26.1 Å². The molecule has 6 heterocycles. The molecule has 0 spiro atoms. The lowest BCUT2D eigenvalue weighted by atomic mass is 9.95. The highest BCUT2D eigenvalue weighted by molar-refractivity contribution is 6.03. The van der Waals surface area contributed by atoms with Crippen molar-refractivity contribution < 1.29 is 31.8 Å². The zero-order valence-corrected chi connectivity index (χ0v) is 25.7. The van der Waals surface area contributed by atoms with E-state index in [1.807, 2.05) is 4.90 Å². The second-order valence-corrected chi connectivity index (χ2v) is 13.4. The maximum absolute atomic E-state index is 16.9. The number of nitrogens with one attached hydrogen (secondary N) is 1. The molecule has 0 saturated carbocycles. The van der Waals surface area contributed by atoms with Crippen LogP contribution in [-0.4, -0.2) is 81.0 Å². The van der Waals surface area contributed by atoms with Crippen LogP contribution < -0.4 is 15.0 Å². The first-order chi connectivity index (χ1) is 23.1. The molecule has 2 aromatic heterocycles. The molecule has 8 nitrogen and oxygen atoms in total. The van der Waals surface area contributed by atoms with Gasteiger partial charge in [-0.3, -0.25) is 9.88 Å². The Labute approximate surface area is 272 Å². The predicted molar refractivity (Wildman–Crippen MR) is 170 cm³/mol. The number of nitrogens with zero attached hydrogens (tertiary/aromatic N) is 5. The van der Waals surface area contributed by atoms with Crippen molar-refractivity contribution in [1.82, 2.24) is 25.2 Å². The third-order valence-corrected chi connectivity index (χ3v) is 10.4. The van der Waals surface area contributed by atoms with Crippen LogP contribution in [0.5, 0.6) is 11.8 Å². The molecule has 4 aliphatic heterocycles. The van der Waals surface area contributed by atoms with E-state index in [9.17, 15) is 22.7 Å². The number of terminal acetylenes is 1. The number of fused-ring (bicyclic) bond motifs is 5. The fourth-order valence-corrected chi connectivity index (χ4v) is 8.36. The Bertz CT molecular complexity index is 2050. The Kier molecular flexibility index (Phi) is 7.23. The van der Waals surface area contributed by atoms with Gasteiger partial charge in [0.2, 0.25) is 0 Å². The van der Waals surface area contributed by atoms with Gasteiger partial charge in [-0.2, -0.15) is 18.7 Å². The second-order valence-electron chi connectivity index (χ2n) is 13.4. The van der Waals surface area contributed by atoms with E-state index in [0.29, 0.717) is 37.7 Å². The van der Waals surface area contributed by atoms with Crippen molar-refractivity contribution in [2.45, 2.75) is 55.4 Å². The Morgan fingerprint density at radius 3 is 2.85 bits per heavy atom. The number of piperazine rings is 1. The summed E-state index contributed by atoms with van der Waals surface area (Å²) in [6.07, 6.45) is 8.24. The van der Waals surface area contributed by atoms with Crippen molar-refractivity contribution in [2.24, 2.45) is 0 Å². The molecule has 0 amide bonds. The minimum Gasteiger partial charge on any atom is -0.508 e. The van der Waals surface area contributed by atoms with Gasteiger partial charge in [-0.1, -0.05) is 12.0 Å². The van der Waals surface area contributed by atoms with E-state index in [-0.39, 0.29) is 69.9 Å². The maximum atomic E-state index is 16.9. The highest BCUT2D eigenvalue weighted by atomic mass is 19.3. The quantitative estimate of drug-likeness (QED) is 0.196. The highest BCUT2D eigenvalue weighted by Gasteiger charge is 2.50. The van der Waals surface area contributed by atoms with Crippen molar-refractivity contribution in [3.8, 4) is 35.4 Å². The van der Waals surface area contributed by atoms with Gasteiger partial charge in [0.15, 0.2) is 5.82 Å². The minimum absolute atomic E-state index is 0.0580. The van der Waals surface area contributed by atoms with E-state index in [0.717, 1.165) is 25.5 Å². The van der Waals surface area contributed by atoms with E-state index < -0.39 is 35.0 Å². The zero-order valence-electron chi connectivity index (χ0n) is 25.7. The first kappa shape index (κ1) is 30.8. The summed E-state index contributed by atoms with van der Waals surface area (Å²) < 4.78 is 79.6. The fraction of sp³-hybridized carbons (Fsp3) is 0.400. The molecule has 48 heavy (non-hydrogen) atoms. The molecule has 248 valence electrons. The molecule has 2 aromatic carbocycles. The maximum Gasteiger partial charge on any atom is 0.319 e. The number of phenolic OH excluding ortho intramolecular Hbond substituents is 1. The molecule has 2 unspecified atom stereocenters. The number of anilines is 1. The van der Waals surface area contributed by atoms with Crippen molar-refractivity contribution in [1.29, 1.82) is 0 Å². The van der Waals surface area contributed by atoms with E-state index in [1.165, 1.54) is 30.5 Å². The lowest BCUT2D eigenvalue weighted by Crippen LogP contribution is -2.59. The van der Waals surface area contributed by atoms with Crippen molar-refractivity contribution in [2.75, 3.05) is 37.7 Å². The van der Waals surface area contributed by atoms with Gasteiger partial charge in [0.25, 0.3) is 6.08 Å². The van der Waals surface area contributed by atoms with Gasteiger partial charge in [0.05, 0.1) is 22.0 Å². The molecule has 0 radical (unpaired) electrons. The largest absolute Gasteiger partial charge is 0.508 e. The lowest BCUT2D eigenvalue weighted by molar-refractivity contribution is 0.107. The third-order valence-electron chi connectivity index (χ3n) is 10.4. The summed E-state index contributed by atoms with van der Waals surface area (Å²) in [5.74, 6) is 0.785. The van der Waals surface area contributed by atoms with E-state index in [1.54, 1.807) is 0 Å². The number of ether oxygens (including phenoxy) is 1. The molecule has 4 aliphatic rings. The van der Waals surface area contributed by atoms with Gasteiger partial charge in [-0.25, -0.2) is 13.2 Å². The van der Waals surface area contributed by atoms with Crippen molar-refractivity contribution >= 4 is 27.5 Å². The Morgan fingerprint density at radius 2 is 2.04 bits per heavy atom. The summed E-state index contributed by atoms with van der Waals surface area (Å²) in [6, 6.07) is 4.98. The number of benzene rings is 2. The Morgan fingerprint density at radius 1 is 1.19 bits per heavy atom. The average molecular weight is 663 g/mol. The van der Waals surface area contributed by atoms with Gasteiger partial charge >= 0.3 is 6.01 Å². The molecule has 0 aliphatic carbocycles. The first-order valence-corrected chi connectivity index (χ1v) is 15.9. The number of phenols is 1. The molecule has 4 fully saturated rings. The number of aromatic hydroxyl groups is 1. The van der Waals surface area contributed by atoms with Crippen LogP contribution in [0.4, 0.5) is 27.8 Å². The van der Waals surface area contributed by atoms with Crippen molar-refractivity contribution in [3.05, 3.63) is 59.8 Å². The Hall–Kier alpha value is -4.54. The normalized spacial score (nSPS) is 26.6. The summed E-state index contributed by atoms with van der Waals surface area (Å²) in [5, 5.41) is 14.6. The summed E-state index contributed by atoms with van der Waals surface area (Å²) in [7, 11) is 0. The molecular formula is C35H31F5N6O2. The molecule has 13 heteroatoms. The van der Waals surface area contributed by atoms with Crippen LogP contribution in [0.25, 0.3) is 32.9 Å². The van der Waals surface area contributed by atoms with E-state index in [4.69, 9.17) is 16.1 Å². The summed E-state index contributed by atoms with van der Waals surface area (Å²) in [6.45, 7) is 1.68. The number of aromatic nitrogens is 3. The van der Waals surface area contributed by atoms with Crippen LogP contribution in [0.1, 0.15) is 37.7 Å². The third kappa shape index (κ3) is 5.00. The summed E-state index contributed by atoms with van der Waals surface area (Å²) in [5.41, 5.74) is -2.00. The van der Waals surface area contributed by atoms with Crippen LogP contribution in [0.3, 0.4) is 0 Å². The molecular weight excluding hydrogens is 631 g/mol. The number of hydrogen-bond donors (Lipinski definition) is 2. The number of rotatable bonds is 6. The van der Waals surface area contributed by atoms with E-state index >= 15 is 4.39 Å². The van der Waals surface area contributed by atoms with Crippen LogP contribution >= 0.6 is 0 Å². The fourth-order valence-electron chi connectivity index (χ4n) is 8.36. The molecule has 4 aromatic rings. The topological polar surface area (TPSA) is 86.6 Å². The number of pyridine rings is 1. The van der Waals surface area contributed by atoms with Crippen LogP contribution in [0, 0.1) is 24.0 Å². The van der Waals surface area contributed by atoms with Crippen LogP contribution in [0.15, 0.2) is 42.6 Å². The lowest BCUT2D eigenvalue weighted by Gasteiger charge is -2.40. The molecule has 8 rings (SSSR count). The first-order valence-electron chi connectivity index (χ1n) is 15.9. The minimum atomic E-state index is -1.80.